The molecule has 0 aliphatic carbocycles. The summed E-state index contributed by atoms with van der Waals surface area (Å²) in [6.07, 6.45) is 2.43. The predicted molar refractivity (Wildman–Crippen MR) is 81.9 cm³/mol. The highest BCUT2D eigenvalue weighted by atomic mass is 35.5. The van der Waals surface area contributed by atoms with Gasteiger partial charge in [0, 0.05) is 10.6 Å². The summed E-state index contributed by atoms with van der Waals surface area (Å²) < 4.78 is -0.884. The van der Waals surface area contributed by atoms with E-state index in [4.69, 9.17) is 11.6 Å². The molecule has 0 saturated heterocycles. The summed E-state index contributed by atoms with van der Waals surface area (Å²) in [5, 5.41) is 3.14. The zero-order valence-corrected chi connectivity index (χ0v) is 12.5. The van der Waals surface area contributed by atoms with E-state index in [1.165, 1.54) is 0 Å². The van der Waals surface area contributed by atoms with Crippen LogP contribution < -0.4 is 5.32 Å². The molecule has 1 aromatic rings. The number of carbonyl (C=O) groups excluding carboxylic acids is 2. The van der Waals surface area contributed by atoms with Gasteiger partial charge in [0.05, 0.1) is 11.4 Å². The molecule has 4 nitrogen and oxygen atoms in total. The molecule has 6 heteroatoms. The number of amides is 2. The van der Waals surface area contributed by atoms with Gasteiger partial charge >= 0.3 is 5.24 Å². The van der Waals surface area contributed by atoms with E-state index in [9.17, 15) is 9.59 Å². The van der Waals surface area contributed by atoms with Crippen LogP contribution in [0.4, 0.5) is 10.5 Å². The lowest BCUT2D eigenvalue weighted by Gasteiger charge is -2.33. The molecule has 1 aromatic carbocycles. The smallest absolute Gasteiger partial charge is 0.306 e. The molecule has 0 radical (unpaired) electrons. The maximum atomic E-state index is 12.5. The molecule has 0 bridgehead atoms. The van der Waals surface area contributed by atoms with Gasteiger partial charge in [-0.15, -0.1) is 0 Å². The molecule has 0 saturated carbocycles. The summed E-state index contributed by atoms with van der Waals surface area (Å²) in [5.74, 6) is -0.157. The van der Waals surface area contributed by atoms with Crippen LogP contribution in [0.1, 0.15) is 31.7 Å². The van der Waals surface area contributed by atoms with Crippen molar-refractivity contribution in [1.29, 1.82) is 0 Å². The molecule has 2 aliphatic rings. The Morgan fingerprint density at radius 1 is 1.40 bits per heavy atom. The van der Waals surface area contributed by atoms with Crippen LogP contribution in [-0.4, -0.2) is 21.6 Å². The molecule has 2 aliphatic heterocycles. The number of carbonyl (C=O) groups is 2. The van der Waals surface area contributed by atoms with Crippen LogP contribution in [0.3, 0.4) is 0 Å². The van der Waals surface area contributed by atoms with Crippen LogP contribution in [0.25, 0.3) is 0 Å². The monoisotopic (exact) mass is 308 g/mol. The number of anilines is 1. The molecule has 1 unspecified atom stereocenters. The van der Waals surface area contributed by atoms with Gasteiger partial charge in [0.25, 0.3) is 0 Å². The average Bonchev–Trinajstić information content (AvgIpc) is 2.76. The normalized spacial score (nSPS) is 24.0. The number of aliphatic imine (C=N–C) groups is 1. The summed E-state index contributed by atoms with van der Waals surface area (Å²) in [7, 11) is 0. The molecular weight excluding hydrogens is 296 g/mol. The van der Waals surface area contributed by atoms with Crippen molar-refractivity contribution in [3.05, 3.63) is 28.8 Å². The maximum absolute atomic E-state index is 12.5. The number of hydrogen-bond acceptors (Lipinski definition) is 3. The largest absolute Gasteiger partial charge is 0.324 e. The van der Waals surface area contributed by atoms with Gasteiger partial charge in [0.1, 0.15) is 4.75 Å². The van der Waals surface area contributed by atoms with Crippen LogP contribution >= 0.6 is 23.4 Å². The quantitative estimate of drug-likeness (QED) is 0.922. The number of halogens is 1. The Bertz CT molecular complexity index is 644. The van der Waals surface area contributed by atoms with Crippen molar-refractivity contribution < 1.29 is 9.59 Å². The number of nitrogens with one attached hydrogen (secondary N) is 1. The third-order valence-electron chi connectivity index (χ3n) is 3.58. The molecule has 104 valence electrons. The second kappa shape index (κ2) is 4.90. The van der Waals surface area contributed by atoms with Gasteiger partial charge in [0.15, 0.2) is 0 Å². The Hall–Kier alpha value is -1.33. The Kier molecular flexibility index (Phi) is 3.34. The zero-order valence-electron chi connectivity index (χ0n) is 10.9. The van der Waals surface area contributed by atoms with Gasteiger partial charge in [-0.1, -0.05) is 31.4 Å². The highest BCUT2D eigenvalue weighted by Crippen LogP contribution is 2.46. The van der Waals surface area contributed by atoms with E-state index in [1.54, 1.807) is 18.2 Å². The fourth-order valence-electron chi connectivity index (χ4n) is 2.59. The third kappa shape index (κ3) is 1.96. The summed E-state index contributed by atoms with van der Waals surface area (Å²) in [4.78, 5) is 28.4. The van der Waals surface area contributed by atoms with Gasteiger partial charge in [-0.05, 0) is 36.4 Å². The van der Waals surface area contributed by atoms with Crippen molar-refractivity contribution in [3.8, 4) is 0 Å². The number of fused-ring (bicyclic) bond motifs is 3. The van der Waals surface area contributed by atoms with Gasteiger partial charge in [-0.25, -0.2) is 4.99 Å². The highest BCUT2D eigenvalue weighted by molar-refractivity contribution is 8.16. The first-order valence-electron chi connectivity index (χ1n) is 6.50. The van der Waals surface area contributed by atoms with Crippen molar-refractivity contribution in [2.24, 2.45) is 4.99 Å². The molecule has 2 heterocycles. The summed E-state index contributed by atoms with van der Waals surface area (Å²) in [6.45, 7) is 2.06. The lowest BCUT2D eigenvalue weighted by atomic mass is 9.86. The van der Waals surface area contributed by atoms with Gasteiger partial charge in [-0.2, -0.15) is 0 Å². The van der Waals surface area contributed by atoms with Crippen molar-refractivity contribution in [3.63, 3.8) is 0 Å². The zero-order chi connectivity index (χ0) is 14.3. The van der Waals surface area contributed by atoms with E-state index in [1.807, 2.05) is 0 Å². The van der Waals surface area contributed by atoms with Crippen LogP contribution in [0, 0.1) is 0 Å². The summed E-state index contributed by atoms with van der Waals surface area (Å²) >= 11 is 7.05. The van der Waals surface area contributed by atoms with E-state index in [0.29, 0.717) is 22.8 Å². The molecular formula is C14H13ClN2O2S. The molecule has 0 fully saturated rings. The van der Waals surface area contributed by atoms with Crippen LogP contribution in [0.15, 0.2) is 23.2 Å². The molecule has 1 atom stereocenters. The Labute approximate surface area is 126 Å². The first kappa shape index (κ1) is 13.6. The number of thioether (sulfide) groups is 1. The van der Waals surface area contributed by atoms with Gasteiger partial charge in [-0.3, -0.25) is 9.59 Å². The van der Waals surface area contributed by atoms with Crippen molar-refractivity contribution in [1.82, 2.24) is 0 Å². The van der Waals surface area contributed by atoms with E-state index >= 15 is 0 Å². The maximum Gasteiger partial charge on any atom is 0.306 e. The summed E-state index contributed by atoms with van der Waals surface area (Å²) in [5.41, 5.74) is 1.98. The minimum Gasteiger partial charge on any atom is -0.324 e. The van der Waals surface area contributed by atoms with E-state index in [-0.39, 0.29) is 11.1 Å². The van der Waals surface area contributed by atoms with E-state index < -0.39 is 4.75 Å². The lowest BCUT2D eigenvalue weighted by Crippen LogP contribution is -2.49. The number of unbranched alkanes of at least 4 members (excludes halogenated alkanes) is 1. The third-order valence-corrected chi connectivity index (χ3v) is 5.01. The Balaban J connectivity index is 2.15. The number of nitrogens with zero attached hydrogens (tertiary/aromatic N) is 1. The number of benzene rings is 1. The summed E-state index contributed by atoms with van der Waals surface area (Å²) in [6, 6.07) is 5.22. The SMILES string of the molecule is CCCCC12SC(=O)N=C1c1cc(Cl)ccc1NC2=O. The van der Waals surface area contributed by atoms with Crippen LogP contribution in [0.5, 0.6) is 0 Å². The first-order valence-corrected chi connectivity index (χ1v) is 7.70. The topological polar surface area (TPSA) is 58.5 Å². The molecule has 3 rings (SSSR count). The predicted octanol–water partition coefficient (Wildman–Crippen LogP) is 3.88. The lowest BCUT2D eigenvalue weighted by molar-refractivity contribution is -0.117. The fraction of sp³-hybridized carbons (Fsp3) is 0.357. The van der Waals surface area contributed by atoms with Crippen molar-refractivity contribution in [2.75, 3.05) is 5.32 Å². The minimum absolute atomic E-state index is 0.157. The average molecular weight is 309 g/mol. The van der Waals surface area contributed by atoms with Crippen LogP contribution in [-0.2, 0) is 4.79 Å². The van der Waals surface area contributed by atoms with Gasteiger partial charge in [0.2, 0.25) is 5.91 Å². The van der Waals surface area contributed by atoms with Gasteiger partial charge < -0.3 is 5.32 Å². The molecule has 2 amide bonds. The first-order chi connectivity index (χ1) is 9.56. The Morgan fingerprint density at radius 3 is 2.95 bits per heavy atom. The standard InChI is InChI=1S/C14H13ClN2O2S/c1-2-3-6-14-11(17-13(19)20-14)9-7-8(15)4-5-10(9)16-12(14)18/h4-5,7H,2-3,6H2,1H3,(H,16,18). The second-order valence-electron chi connectivity index (χ2n) is 4.90. The molecule has 0 spiro atoms. The van der Waals surface area contributed by atoms with E-state index in [0.717, 1.165) is 30.2 Å². The fourth-order valence-corrected chi connectivity index (χ4v) is 3.84. The number of rotatable bonds is 3. The minimum atomic E-state index is -0.884. The Morgan fingerprint density at radius 2 is 2.20 bits per heavy atom. The van der Waals surface area contributed by atoms with E-state index in [2.05, 4.69) is 17.2 Å². The second-order valence-corrected chi connectivity index (χ2v) is 6.59. The van der Waals surface area contributed by atoms with Crippen molar-refractivity contribution in [2.45, 2.75) is 30.9 Å². The molecule has 20 heavy (non-hydrogen) atoms. The molecule has 0 aromatic heterocycles. The number of hydrogen-bond donors (Lipinski definition) is 1. The highest BCUT2D eigenvalue weighted by Gasteiger charge is 2.53. The van der Waals surface area contributed by atoms with Crippen LogP contribution in [0.2, 0.25) is 5.02 Å². The molecule has 1 N–H and O–H groups in total. The van der Waals surface area contributed by atoms with Crippen molar-refractivity contribution >= 4 is 45.9 Å².